The monoisotopic (exact) mass is 751 g/mol. The fourth-order valence-electron chi connectivity index (χ4n) is 4.21. The van der Waals surface area contributed by atoms with Gasteiger partial charge >= 0.3 is 0 Å². The van der Waals surface area contributed by atoms with Crippen LogP contribution in [0.25, 0.3) is 21.5 Å². The fourth-order valence-corrected chi connectivity index (χ4v) is 4.21. The van der Waals surface area contributed by atoms with E-state index in [1.54, 1.807) is 54.7 Å². The van der Waals surface area contributed by atoms with E-state index in [2.05, 4.69) is 27.6 Å². The molecule has 0 aliphatic heterocycles. The van der Waals surface area contributed by atoms with Crippen molar-refractivity contribution in [1.29, 1.82) is 5.41 Å². The van der Waals surface area contributed by atoms with Gasteiger partial charge in [0.1, 0.15) is 18.1 Å². The van der Waals surface area contributed by atoms with Gasteiger partial charge in [-0.25, -0.2) is 0 Å². The summed E-state index contributed by atoms with van der Waals surface area (Å²) >= 11 is 2.15. The molecule has 0 saturated carbocycles. The number of hydrogen-bond acceptors (Lipinski definition) is 10. The number of aliphatic hydroxyl groups excluding tert-OH is 1. The van der Waals surface area contributed by atoms with Crippen LogP contribution in [0.2, 0.25) is 0 Å². The fraction of sp³-hybridized carbons (Fsp3) is 0.118. The highest BCUT2D eigenvalue weighted by Crippen LogP contribution is 2.33. The second kappa shape index (κ2) is 19.9. The lowest BCUT2D eigenvalue weighted by Crippen LogP contribution is -1.98. The van der Waals surface area contributed by atoms with Crippen LogP contribution in [0.5, 0.6) is 11.5 Å². The summed E-state index contributed by atoms with van der Waals surface area (Å²) in [5.74, 6) is 0.696. The molecule has 47 heavy (non-hydrogen) atoms. The summed E-state index contributed by atoms with van der Waals surface area (Å²) in [5.41, 5.74) is 7.69. The van der Waals surface area contributed by atoms with Gasteiger partial charge in [-0.3, -0.25) is 25.2 Å². The minimum Gasteiger partial charge on any atom is -0.507 e. The summed E-state index contributed by atoms with van der Waals surface area (Å²) in [5, 5.41) is 48.6. The topological polar surface area (TPSA) is 199 Å². The number of aromatic nitrogens is 1. The second-order valence-corrected chi connectivity index (χ2v) is 9.31. The molecule has 0 radical (unpaired) electrons. The Kier molecular flexibility index (Phi) is 16.0. The Morgan fingerprint density at radius 1 is 0.915 bits per heavy atom. The number of alkyl halides is 1. The van der Waals surface area contributed by atoms with Gasteiger partial charge in [-0.2, -0.15) is 0 Å². The smallest absolute Gasteiger partial charge is 0.277 e. The van der Waals surface area contributed by atoms with Crippen LogP contribution in [-0.2, 0) is 6.61 Å². The van der Waals surface area contributed by atoms with Crippen molar-refractivity contribution < 1.29 is 24.8 Å². The molecule has 0 aliphatic carbocycles. The highest BCUT2D eigenvalue weighted by atomic mass is 127. The third kappa shape index (κ3) is 11.2. The van der Waals surface area contributed by atoms with Crippen molar-refractivity contribution in [3.8, 4) is 11.5 Å². The SMILES string of the molecule is CI.Cc1cc(COc2ccc([N+](=O)[O-])c3ccccc23)ccn1.N=C/C=C(\C=C\N)CO.O=[N+]([O-])c1ccc(O)c2ccccc12. The molecule has 0 fully saturated rings. The van der Waals surface area contributed by atoms with Crippen LogP contribution in [0.1, 0.15) is 11.3 Å². The standard InChI is InChI=1S/C17H14N2O3.C10H7NO3.C6H10N2O.CH3I/c1-12-10-13(8-9-18-12)11-22-17-7-6-16(19(20)21)14-4-2-3-5-15(14)17;12-10-6-5-9(11(13)14)7-3-1-2-4-8(7)10;7-3-1-6(5-9)2-4-8;1-2/h2-10H,11H2,1H3;1-6,12H;1-4,7,9H,5,8H2;1H3/b;;4-2+,6-1+,7-3?;. The van der Waals surface area contributed by atoms with Gasteiger partial charge < -0.3 is 26.1 Å². The average molecular weight is 752 g/mol. The number of nitrogens with two attached hydrogens (primary N) is 1. The molecule has 0 amide bonds. The van der Waals surface area contributed by atoms with E-state index >= 15 is 0 Å². The van der Waals surface area contributed by atoms with E-state index in [0.29, 0.717) is 34.1 Å². The third-order valence-electron chi connectivity index (χ3n) is 6.28. The number of hydrogen-bond donors (Lipinski definition) is 4. The van der Waals surface area contributed by atoms with Crippen molar-refractivity contribution in [3.63, 3.8) is 0 Å². The highest BCUT2D eigenvalue weighted by molar-refractivity contribution is 14.1. The summed E-state index contributed by atoms with van der Waals surface area (Å²) < 4.78 is 5.84. The van der Waals surface area contributed by atoms with E-state index in [4.69, 9.17) is 21.0 Å². The molecule has 1 heterocycles. The zero-order valence-electron chi connectivity index (χ0n) is 25.6. The Labute approximate surface area is 284 Å². The maximum atomic E-state index is 11.1. The predicted molar refractivity (Wildman–Crippen MR) is 193 cm³/mol. The quantitative estimate of drug-likeness (QED) is 0.0309. The number of phenolic OH excluding ortho intramolecular Hbond substituents is 1. The lowest BCUT2D eigenvalue weighted by molar-refractivity contribution is -0.383. The maximum absolute atomic E-state index is 11.1. The molecule has 4 aromatic carbocycles. The zero-order chi connectivity index (χ0) is 34.8. The first-order valence-electron chi connectivity index (χ1n) is 13.8. The van der Waals surface area contributed by atoms with E-state index in [0.717, 1.165) is 22.9 Å². The van der Waals surface area contributed by atoms with Crippen molar-refractivity contribution in [3.05, 3.63) is 147 Å². The molecule has 13 heteroatoms. The molecule has 1 aromatic heterocycles. The Balaban J connectivity index is 0.000000264. The van der Waals surface area contributed by atoms with Crippen molar-refractivity contribution in [2.75, 3.05) is 11.5 Å². The van der Waals surface area contributed by atoms with Gasteiger partial charge in [0.05, 0.1) is 27.2 Å². The number of rotatable bonds is 8. The predicted octanol–water partition coefficient (Wildman–Crippen LogP) is 7.56. The van der Waals surface area contributed by atoms with Crippen LogP contribution >= 0.6 is 22.6 Å². The average Bonchev–Trinajstić information content (AvgIpc) is 3.08. The number of nitro groups is 2. The summed E-state index contributed by atoms with van der Waals surface area (Å²) in [6.45, 7) is 2.24. The number of pyridine rings is 1. The molecular weight excluding hydrogens is 717 g/mol. The number of ether oxygens (including phenoxy) is 1. The van der Waals surface area contributed by atoms with Crippen LogP contribution in [0, 0.1) is 32.6 Å². The molecule has 0 saturated heterocycles. The largest absolute Gasteiger partial charge is 0.507 e. The van der Waals surface area contributed by atoms with Crippen LogP contribution in [0.15, 0.2) is 115 Å². The molecule has 244 valence electrons. The minimum absolute atomic E-state index is 0.0124. The minimum atomic E-state index is -0.457. The number of fused-ring (bicyclic) bond motifs is 2. The Hall–Kier alpha value is -5.41. The molecular formula is C34H34IN5O7. The summed E-state index contributed by atoms with van der Waals surface area (Å²) in [7, 11) is 0. The molecule has 0 unspecified atom stereocenters. The Morgan fingerprint density at radius 3 is 2.00 bits per heavy atom. The number of nitrogens with one attached hydrogen (secondary N) is 1. The number of aromatic hydroxyl groups is 1. The molecule has 0 spiro atoms. The number of aliphatic hydroxyl groups is 1. The Morgan fingerprint density at radius 2 is 1.47 bits per heavy atom. The lowest BCUT2D eigenvalue weighted by Gasteiger charge is -2.10. The number of nitrogens with zero attached hydrogens (tertiary/aromatic N) is 3. The van der Waals surface area contributed by atoms with Gasteiger partial charge in [0.15, 0.2) is 0 Å². The molecule has 5 N–H and O–H groups in total. The van der Waals surface area contributed by atoms with E-state index in [-0.39, 0.29) is 28.7 Å². The van der Waals surface area contributed by atoms with Crippen LogP contribution in [0.4, 0.5) is 11.4 Å². The zero-order valence-corrected chi connectivity index (χ0v) is 27.8. The van der Waals surface area contributed by atoms with Gasteiger partial charge in [-0.1, -0.05) is 59.0 Å². The first-order valence-corrected chi connectivity index (χ1v) is 16.0. The third-order valence-corrected chi connectivity index (χ3v) is 6.28. The molecule has 0 atom stereocenters. The molecule has 0 aliphatic rings. The van der Waals surface area contributed by atoms with Crippen molar-refractivity contribution >= 4 is 61.7 Å². The molecule has 5 aromatic rings. The van der Waals surface area contributed by atoms with Gasteiger partial charge in [0.25, 0.3) is 11.4 Å². The van der Waals surface area contributed by atoms with E-state index in [1.807, 2.05) is 36.1 Å². The maximum Gasteiger partial charge on any atom is 0.277 e. The number of aryl methyl sites for hydroxylation is 1. The molecule has 12 nitrogen and oxygen atoms in total. The number of benzene rings is 4. The first-order chi connectivity index (χ1) is 22.7. The normalized spacial score (nSPS) is 10.5. The number of nitro benzene ring substituents is 2. The van der Waals surface area contributed by atoms with Gasteiger partial charge in [-0.15, -0.1) is 0 Å². The summed E-state index contributed by atoms with van der Waals surface area (Å²) in [6.07, 6.45) is 7.19. The van der Waals surface area contributed by atoms with Crippen LogP contribution < -0.4 is 10.5 Å². The van der Waals surface area contributed by atoms with Crippen LogP contribution in [-0.4, -0.2) is 42.8 Å². The van der Waals surface area contributed by atoms with E-state index in [1.165, 1.54) is 30.5 Å². The van der Waals surface area contributed by atoms with Crippen molar-refractivity contribution in [2.24, 2.45) is 5.73 Å². The van der Waals surface area contributed by atoms with Gasteiger partial charge in [0.2, 0.25) is 0 Å². The van der Waals surface area contributed by atoms with Crippen molar-refractivity contribution in [1.82, 2.24) is 4.98 Å². The second-order valence-electron chi connectivity index (χ2n) is 9.31. The lowest BCUT2D eigenvalue weighted by atomic mass is 10.1. The van der Waals surface area contributed by atoms with E-state index in [9.17, 15) is 25.3 Å². The van der Waals surface area contributed by atoms with Gasteiger partial charge in [0, 0.05) is 41.0 Å². The summed E-state index contributed by atoms with van der Waals surface area (Å²) in [6, 6.07) is 23.5. The van der Waals surface area contributed by atoms with Crippen LogP contribution in [0.3, 0.4) is 0 Å². The Bertz CT molecular complexity index is 1880. The number of allylic oxidation sites excluding steroid dienone is 1. The molecule has 0 bridgehead atoms. The highest BCUT2D eigenvalue weighted by Gasteiger charge is 2.15. The molecule has 5 rings (SSSR count). The summed E-state index contributed by atoms with van der Waals surface area (Å²) in [4.78, 5) is 27.0. The first kappa shape index (κ1) is 37.8. The van der Waals surface area contributed by atoms with Crippen molar-refractivity contribution in [2.45, 2.75) is 13.5 Å². The number of phenols is 1. The number of non-ortho nitro benzene ring substituents is 2. The number of halogens is 1. The van der Waals surface area contributed by atoms with E-state index < -0.39 is 4.92 Å². The van der Waals surface area contributed by atoms with Gasteiger partial charge in [-0.05, 0) is 77.7 Å².